The van der Waals surface area contributed by atoms with Gasteiger partial charge in [-0.25, -0.2) is 4.79 Å². The van der Waals surface area contributed by atoms with Crippen molar-refractivity contribution in [3.05, 3.63) is 0 Å². The molecule has 84 valence electrons. The summed E-state index contributed by atoms with van der Waals surface area (Å²) >= 11 is 0. The molecule has 1 rings (SSSR count). The summed E-state index contributed by atoms with van der Waals surface area (Å²) in [7, 11) is 0. The van der Waals surface area contributed by atoms with Gasteiger partial charge < -0.3 is 16.2 Å². The van der Waals surface area contributed by atoms with Crippen LogP contribution in [0.15, 0.2) is 0 Å². The predicted octanol–water partition coefficient (Wildman–Crippen LogP) is -0.769. The van der Waals surface area contributed by atoms with Gasteiger partial charge in [-0.3, -0.25) is 9.59 Å². The molecule has 15 heavy (non-hydrogen) atoms. The second kappa shape index (κ2) is 4.77. The standard InChI is InChI=1S/C9H14N2O4/c10-7(12)4-6(9(14)15)11-8(13)5-2-1-3-5/h5-6H,1-4H2,(H2,10,12)(H,11,13)(H,14,15)/t6-/m1/s1. The van der Waals surface area contributed by atoms with Crippen molar-refractivity contribution in [2.75, 3.05) is 0 Å². The maximum Gasteiger partial charge on any atom is 0.326 e. The summed E-state index contributed by atoms with van der Waals surface area (Å²) in [5, 5.41) is 11.0. The maximum atomic E-state index is 11.4. The molecule has 0 saturated heterocycles. The van der Waals surface area contributed by atoms with Gasteiger partial charge in [0.15, 0.2) is 0 Å². The molecular weight excluding hydrogens is 200 g/mol. The number of carboxylic acids is 1. The van der Waals surface area contributed by atoms with E-state index in [-0.39, 0.29) is 18.2 Å². The van der Waals surface area contributed by atoms with Gasteiger partial charge in [0.05, 0.1) is 6.42 Å². The zero-order chi connectivity index (χ0) is 11.4. The number of primary amides is 1. The van der Waals surface area contributed by atoms with Crippen LogP contribution in [-0.4, -0.2) is 28.9 Å². The van der Waals surface area contributed by atoms with Crippen molar-refractivity contribution < 1.29 is 19.5 Å². The lowest BCUT2D eigenvalue weighted by Gasteiger charge is -2.25. The maximum absolute atomic E-state index is 11.4. The molecule has 0 bridgehead atoms. The SMILES string of the molecule is NC(=O)C[C@@H](NC(=O)C1CCC1)C(=O)O. The smallest absolute Gasteiger partial charge is 0.326 e. The second-order valence-corrected chi connectivity index (χ2v) is 3.70. The topological polar surface area (TPSA) is 109 Å². The van der Waals surface area contributed by atoms with Crippen molar-refractivity contribution in [1.29, 1.82) is 0 Å². The van der Waals surface area contributed by atoms with Crippen molar-refractivity contribution in [2.45, 2.75) is 31.7 Å². The fourth-order valence-corrected chi connectivity index (χ4v) is 1.36. The molecular formula is C9H14N2O4. The van der Waals surface area contributed by atoms with Crippen molar-refractivity contribution in [1.82, 2.24) is 5.32 Å². The number of carboxylic acid groups (broad SMARTS) is 1. The van der Waals surface area contributed by atoms with Crippen LogP contribution in [0.3, 0.4) is 0 Å². The van der Waals surface area contributed by atoms with Crippen LogP contribution in [0.4, 0.5) is 0 Å². The van der Waals surface area contributed by atoms with Crippen LogP contribution in [0.25, 0.3) is 0 Å². The molecule has 0 heterocycles. The molecule has 0 aromatic carbocycles. The molecule has 0 unspecified atom stereocenters. The Labute approximate surface area is 86.8 Å². The third kappa shape index (κ3) is 3.23. The highest BCUT2D eigenvalue weighted by molar-refractivity contribution is 5.89. The molecule has 1 fully saturated rings. The summed E-state index contributed by atoms with van der Waals surface area (Å²) in [6.45, 7) is 0. The van der Waals surface area contributed by atoms with E-state index in [4.69, 9.17) is 10.8 Å². The lowest BCUT2D eigenvalue weighted by atomic mass is 9.84. The van der Waals surface area contributed by atoms with Crippen LogP contribution in [0, 0.1) is 5.92 Å². The van der Waals surface area contributed by atoms with Gasteiger partial charge in [0.1, 0.15) is 6.04 Å². The van der Waals surface area contributed by atoms with E-state index >= 15 is 0 Å². The van der Waals surface area contributed by atoms with E-state index in [1.807, 2.05) is 0 Å². The van der Waals surface area contributed by atoms with Gasteiger partial charge >= 0.3 is 5.97 Å². The minimum atomic E-state index is -1.23. The highest BCUT2D eigenvalue weighted by atomic mass is 16.4. The molecule has 1 aliphatic carbocycles. The monoisotopic (exact) mass is 214 g/mol. The number of carbonyl (C=O) groups is 3. The van der Waals surface area contributed by atoms with Gasteiger partial charge in [0.25, 0.3) is 0 Å². The lowest BCUT2D eigenvalue weighted by Crippen LogP contribution is -2.46. The fraction of sp³-hybridized carbons (Fsp3) is 0.667. The van der Waals surface area contributed by atoms with Gasteiger partial charge in [0.2, 0.25) is 11.8 Å². The Kier molecular flexibility index (Phi) is 3.65. The van der Waals surface area contributed by atoms with E-state index in [0.29, 0.717) is 0 Å². The van der Waals surface area contributed by atoms with E-state index < -0.39 is 17.9 Å². The second-order valence-electron chi connectivity index (χ2n) is 3.70. The number of aliphatic carboxylic acids is 1. The third-order valence-electron chi connectivity index (χ3n) is 2.50. The molecule has 0 aromatic heterocycles. The Morgan fingerprint density at radius 2 is 2.00 bits per heavy atom. The summed E-state index contributed by atoms with van der Waals surface area (Å²) in [6.07, 6.45) is 2.20. The number of nitrogens with one attached hydrogen (secondary N) is 1. The average Bonchev–Trinajstić information content (AvgIpc) is 1.98. The van der Waals surface area contributed by atoms with E-state index in [2.05, 4.69) is 5.32 Å². The van der Waals surface area contributed by atoms with Crippen LogP contribution < -0.4 is 11.1 Å². The van der Waals surface area contributed by atoms with Crippen molar-refractivity contribution in [2.24, 2.45) is 11.7 Å². The first-order valence-corrected chi connectivity index (χ1v) is 4.82. The van der Waals surface area contributed by atoms with E-state index in [1.165, 1.54) is 0 Å². The molecule has 1 saturated carbocycles. The third-order valence-corrected chi connectivity index (χ3v) is 2.50. The Hall–Kier alpha value is -1.59. The first-order valence-electron chi connectivity index (χ1n) is 4.82. The number of carbonyl (C=O) groups excluding carboxylic acids is 2. The zero-order valence-electron chi connectivity index (χ0n) is 8.23. The van der Waals surface area contributed by atoms with Gasteiger partial charge in [-0.15, -0.1) is 0 Å². The quantitative estimate of drug-likeness (QED) is 0.558. The molecule has 6 nitrogen and oxygen atoms in total. The highest BCUT2D eigenvalue weighted by Crippen LogP contribution is 2.26. The van der Waals surface area contributed by atoms with E-state index in [1.54, 1.807) is 0 Å². The van der Waals surface area contributed by atoms with Gasteiger partial charge in [-0.2, -0.15) is 0 Å². The summed E-state index contributed by atoms with van der Waals surface area (Å²) in [6, 6.07) is -1.20. The van der Waals surface area contributed by atoms with Crippen molar-refractivity contribution in [3.8, 4) is 0 Å². The van der Waals surface area contributed by atoms with Gasteiger partial charge in [-0.1, -0.05) is 6.42 Å². The summed E-state index contributed by atoms with van der Waals surface area (Å²) in [4.78, 5) is 32.6. The first kappa shape index (κ1) is 11.5. The number of nitrogens with two attached hydrogens (primary N) is 1. The largest absolute Gasteiger partial charge is 0.480 e. The van der Waals surface area contributed by atoms with Crippen molar-refractivity contribution in [3.63, 3.8) is 0 Å². The average molecular weight is 214 g/mol. The molecule has 1 aliphatic rings. The normalized spacial score (nSPS) is 17.6. The minimum absolute atomic E-state index is 0.0975. The zero-order valence-corrected chi connectivity index (χ0v) is 8.23. The van der Waals surface area contributed by atoms with Crippen LogP contribution >= 0.6 is 0 Å². The molecule has 0 spiro atoms. The van der Waals surface area contributed by atoms with E-state index in [0.717, 1.165) is 19.3 Å². The predicted molar refractivity (Wildman–Crippen MR) is 50.7 cm³/mol. The molecule has 4 N–H and O–H groups in total. The molecule has 0 aliphatic heterocycles. The van der Waals surface area contributed by atoms with Crippen LogP contribution in [0.2, 0.25) is 0 Å². The fourth-order valence-electron chi connectivity index (χ4n) is 1.36. The number of amides is 2. The first-order chi connectivity index (χ1) is 7.00. The van der Waals surface area contributed by atoms with Crippen molar-refractivity contribution >= 4 is 17.8 Å². The molecule has 0 aromatic rings. The lowest BCUT2D eigenvalue weighted by molar-refractivity contribution is -0.144. The Morgan fingerprint density at radius 1 is 1.40 bits per heavy atom. The highest BCUT2D eigenvalue weighted by Gasteiger charge is 2.29. The van der Waals surface area contributed by atoms with Gasteiger partial charge in [0, 0.05) is 5.92 Å². The molecule has 2 amide bonds. The summed E-state index contributed by atoms with van der Waals surface area (Å²) in [5.74, 6) is -2.37. The number of hydrogen-bond acceptors (Lipinski definition) is 3. The Balaban J connectivity index is 2.46. The van der Waals surface area contributed by atoms with Crippen LogP contribution in [-0.2, 0) is 14.4 Å². The summed E-state index contributed by atoms with van der Waals surface area (Å²) in [5.41, 5.74) is 4.88. The molecule has 6 heteroatoms. The van der Waals surface area contributed by atoms with Gasteiger partial charge in [-0.05, 0) is 12.8 Å². The molecule has 1 atom stereocenters. The van der Waals surface area contributed by atoms with Crippen LogP contribution in [0.5, 0.6) is 0 Å². The van der Waals surface area contributed by atoms with Crippen LogP contribution in [0.1, 0.15) is 25.7 Å². The molecule has 0 radical (unpaired) electrons. The van der Waals surface area contributed by atoms with E-state index in [9.17, 15) is 14.4 Å². The number of hydrogen-bond donors (Lipinski definition) is 3. The minimum Gasteiger partial charge on any atom is -0.480 e. The Bertz CT molecular complexity index is 286. The summed E-state index contributed by atoms with van der Waals surface area (Å²) < 4.78 is 0. The Morgan fingerprint density at radius 3 is 2.33 bits per heavy atom. The number of rotatable bonds is 5.